The van der Waals surface area contributed by atoms with Crippen LogP contribution in [0.1, 0.15) is 44.7 Å². The molecular formula is C14H19ClN4O. The molecule has 108 valence electrons. The summed E-state index contributed by atoms with van der Waals surface area (Å²) in [5.74, 6) is 1.41. The van der Waals surface area contributed by atoms with Crippen molar-refractivity contribution >= 4 is 29.0 Å². The number of halogens is 1. The van der Waals surface area contributed by atoms with Gasteiger partial charge < -0.3 is 10.6 Å². The van der Waals surface area contributed by atoms with Crippen LogP contribution in [0.25, 0.3) is 0 Å². The lowest BCUT2D eigenvalue weighted by molar-refractivity contribution is -0.121. The zero-order valence-electron chi connectivity index (χ0n) is 11.8. The number of rotatable bonds is 1. The van der Waals surface area contributed by atoms with Gasteiger partial charge in [-0.1, -0.05) is 13.3 Å². The van der Waals surface area contributed by atoms with Gasteiger partial charge in [0.1, 0.15) is 11.2 Å². The molecule has 0 unspecified atom stereocenters. The summed E-state index contributed by atoms with van der Waals surface area (Å²) in [6.07, 6.45) is 5.02. The number of carbonyl (C=O) groups excluding carboxylic acids is 1. The Morgan fingerprint density at radius 3 is 2.70 bits per heavy atom. The first-order valence-corrected chi connectivity index (χ1v) is 7.55. The van der Waals surface area contributed by atoms with E-state index in [9.17, 15) is 4.79 Å². The Labute approximate surface area is 123 Å². The van der Waals surface area contributed by atoms with Gasteiger partial charge in [0.05, 0.1) is 5.69 Å². The monoisotopic (exact) mass is 294 g/mol. The van der Waals surface area contributed by atoms with Gasteiger partial charge in [0.25, 0.3) is 0 Å². The Hall–Kier alpha value is -1.36. The summed E-state index contributed by atoms with van der Waals surface area (Å²) in [5.41, 5.74) is 0.823. The van der Waals surface area contributed by atoms with E-state index in [1.54, 1.807) is 0 Å². The van der Waals surface area contributed by atoms with Gasteiger partial charge in [-0.3, -0.25) is 4.79 Å². The maximum absolute atomic E-state index is 12.5. The zero-order valence-corrected chi connectivity index (χ0v) is 12.5. The van der Waals surface area contributed by atoms with Crippen LogP contribution in [0.4, 0.5) is 11.5 Å². The van der Waals surface area contributed by atoms with E-state index in [0.717, 1.165) is 31.6 Å². The Kier molecular flexibility index (Phi) is 3.32. The molecule has 1 saturated carbocycles. The molecule has 5 nitrogen and oxygen atoms in total. The summed E-state index contributed by atoms with van der Waals surface area (Å²) in [4.78, 5) is 20.8. The molecule has 0 atom stereocenters. The van der Waals surface area contributed by atoms with Gasteiger partial charge in [-0.25, -0.2) is 4.98 Å². The molecule has 6 heteroatoms. The summed E-state index contributed by atoms with van der Waals surface area (Å²) in [7, 11) is 0. The number of nitrogens with one attached hydrogen (secondary N) is 2. The summed E-state index contributed by atoms with van der Waals surface area (Å²) >= 11 is 5.92. The molecule has 1 aliphatic carbocycles. The summed E-state index contributed by atoms with van der Waals surface area (Å²) in [6, 6.07) is 0. The van der Waals surface area contributed by atoms with E-state index >= 15 is 0 Å². The van der Waals surface area contributed by atoms with Crippen LogP contribution in [-0.2, 0) is 4.79 Å². The molecule has 3 rings (SSSR count). The predicted octanol–water partition coefficient (Wildman–Crippen LogP) is 3.14. The minimum absolute atomic E-state index is 0.0357. The number of hydrogen-bond donors (Lipinski definition) is 2. The second kappa shape index (κ2) is 4.88. The molecule has 1 amide bonds. The molecule has 1 fully saturated rings. The molecular weight excluding hydrogens is 276 g/mol. The van der Waals surface area contributed by atoms with Crippen molar-refractivity contribution in [1.82, 2.24) is 9.97 Å². The second-order valence-corrected chi connectivity index (χ2v) is 6.15. The second-order valence-electron chi connectivity index (χ2n) is 5.81. The third kappa shape index (κ3) is 2.14. The SMILES string of the molecule is CCC1CCC2(CC1)Nc1nc(Cl)nc(C)c1NC2=O. The molecule has 1 aliphatic heterocycles. The lowest BCUT2D eigenvalue weighted by Crippen LogP contribution is -2.54. The van der Waals surface area contributed by atoms with Crippen molar-refractivity contribution in [2.24, 2.45) is 5.92 Å². The standard InChI is InChI=1S/C14H19ClN4O/c1-3-9-4-6-14(7-5-9)12(20)17-10-8(2)16-13(15)18-11(10)19-14/h9H,3-7H2,1-2H3,(H,17,20)(H,16,18,19). The number of aromatic nitrogens is 2. The van der Waals surface area contributed by atoms with E-state index in [4.69, 9.17) is 11.6 Å². The number of fused-ring (bicyclic) bond motifs is 1. The van der Waals surface area contributed by atoms with Crippen LogP contribution in [0, 0.1) is 12.8 Å². The Morgan fingerprint density at radius 1 is 1.35 bits per heavy atom. The first-order valence-electron chi connectivity index (χ1n) is 7.18. The van der Waals surface area contributed by atoms with Gasteiger partial charge in [-0.15, -0.1) is 0 Å². The maximum atomic E-state index is 12.5. The van der Waals surface area contributed by atoms with Gasteiger partial charge in [-0.2, -0.15) is 4.98 Å². The van der Waals surface area contributed by atoms with Crippen molar-refractivity contribution < 1.29 is 4.79 Å². The highest BCUT2D eigenvalue weighted by Gasteiger charge is 2.45. The maximum Gasteiger partial charge on any atom is 0.250 e. The van der Waals surface area contributed by atoms with Crippen LogP contribution in [0.2, 0.25) is 5.28 Å². The first-order chi connectivity index (χ1) is 9.54. The predicted molar refractivity (Wildman–Crippen MR) is 79.0 cm³/mol. The molecule has 2 N–H and O–H groups in total. The van der Waals surface area contributed by atoms with Crippen LogP contribution in [-0.4, -0.2) is 21.4 Å². The van der Waals surface area contributed by atoms with Crippen molar-refractivity contribution in [3.63, 3.8) is 0 Å². The largest absolute Gasteiger partial charge is 0.354 e. The Balaban J connectivity index is 1.91. The van der Waals surface area contributed by atoms with E-state index in [0.29, 0.717) is 17.2 Å². The van der Waals surface area contributed by atoms with Gasteiger partial charge in [0, 0.05) is 0 Å². The van der Waals surface area contributed by atoms with Crippen LogP contribution in [0.3, 0.4) is 0 Å². The number of hydrogen-bond acceptors (Lipinski definition) is 4. The zero-order chi connectivity index (χ0) is 14.3. The molecule has 2 aliphatic rings. The average Bonchev–Trinajstić information content (AvgIpc) is 2.42. The smallest absolute Gasteiger partial charge is 0.250 e. The summed E-state index contributed by atoms with van der Waals surface area (Å²) in [5, 5.41) is 6.51. The topological polar surface area (TPSA) is 66.9 Å². The molecule has 1 aromatic rings. The van der Waals surface area contributed by atoms with Crippen LogP contribution in [0.5, 0.6) is 0 Å². The van der Waals surface area contributed by atoms with E-state index < -0.39 is 5.54 Å². The van der Waals surface area contributed by atoms with Gasteiger partial charge >= 0.3 is 0 Å². The Bertz CT molecular complexity index is 552. The third-order valence-electron chi connectivity index (χ3n) is 4.63. The Morgan fingerprint density at radius 2 is 2.05 bits per heavy atom. The highest BCUT2D eigenvalue weighted by molar-refractivity contribution is 6.28. The van der Waals surface area contributed by atoms with E-state index in [1.807, 2.05) is 6.92 Å². The number of aryl methyl sites for hydroxylation is 1. The van der Waals surface area contributed by atoms with Crippen LogP contribution < -0.4 is 10.6 Å². The first kappa shape index (κ1) is 13.6. The fourth-order valence-corrected chi connectivity index (χ4v) is 3.44. The molecule has 0 radical (unpaired) electrons. The van der Waals surface area contributed by atoms with Crippen molar-refractivity contribution in [3.05, 3.63) is 11.0 Å². The van der Waals surface area contributed by atoms with Crippen LogP contribution in [0.15, 0.2) is 0 Å². The molecule has 1 spiro atoms. The fraction of sp³-hybridized carbons (Fsp3) is 0.643. The van der Waals surface area contributed by atoms with Crippen LogP contribution >= 0.6 is 11.6 Å². The number of carbonyl (C=O) groups is 1. The minimum Gasteiger partial charge on any atom is -0.354 e. The average molecular weight is 295 g/mol. The number of amides is 1. The third-order valence-corrected chi connectivity index (χ3v) is 4.80. The highest BCUT2D eigenvalue weighted by Crippen LogP contribution is 2.41. The quantitative estimate of drug-likeness (QED) is 0.781. The lowest BCUT2D eigenvalue weighted by Gasteiger charge is -2.42. The van der Waals surface area contributed by atoms with E-state index in [-0.39, 0.29) is 11.2 Å². The lowest BCUT2D eigenvalue weighted by atomic mass is 9.74. The van der Waals surface area contributed by atoms with E-state index in [2.05, 4.69) is 27.5 Å². The van der Waals surface area contributed by atoms with Gasteiger partial charge in [0.15, 0.2) is 5.82 Å². The minimum atomic E-state index is -0.525. The molecule has 2 heterocycles. The van der Waals surface area contributed by atoms with Crippen molar-refractivity contribution in [2.75, 3.05) is 10.6 Å². The molecule has 0 bridgehead atoms. The van der Waals surface area contributed by atoms with Gasteiger partial charge in [-0.05, 0) is 50.1 Å². The normalized spacial score (nSPS) is 28.8. The summed E-state index contributed by atoms with van der Waals surface area (Å²) in [6.45, 7) is 4.03. The van der Waals surface area contributed by atoms with Crippen molar-refractivity contribution in [3.8, 4) is 0 Å². The molecule has 0 saturated heterocycles. The van der Waals surface area contributed by atoms with Crippen molar-refractivity contribution in [2.45, 2.75) is 51.5 Å². The van der Waals surface area contributed by atoms with Gasteiger partial charge in [0.2, 0.25) is 11.2 Å². The van der Waals surface area contributed by atoms with E-state index in [1.165, 1.54) is 6.42 Å². The fourth-order valence-electron chi connectivity index (χ4n) is 3.23. The molecule has 20 heavy (non-hydrogen) atoms. The highest BCUT2D eigenvalue weighted by atomic mass is 35.5. The number of anilines is 2. The molecule has 1 aromatic heterocycles. The van der Waals surface area contributed by atoms with Crippen molar-refractivity contribution in [1.29, 1.82) is 0 Å². The number of nitrogens with zero attached hydrogens (tertiary/aromatic N) is 2. The molecule has 0 aromatic carbocycles. The summed E-state index contributed by atoms with van der Waals surface area (Å²) < 4.78 is 0.